The summed E-state index contributed by atoms with van der Waals surface area (Å²) in [7, 11) is 0. The molecule has 154 valence electrons. The van der Waals surface area contributed by atoms with Crippen molar-refractivity contribution in [1.82, 2.24) is 29.9 Å². The van der Waals surface area contributed by atoms with E-state index in [-0.39, 0.29) is 5.41 Å². The van der Waals surface area contributed by atoms with E-state index < -0.39 is 0 Å². The van der Waals surface area contributed by atoms with Gasteiger partial charge in [0.1, 0.15) is 23.3 Å². The minimum absolute atomic E-state index is 0.162. The normalized spacial score (nSPS) is 13.7. The molecule has 1 aliphatic rings. The Labute approximate surface area is 181 Å². The lowest BCUT2D eigenvalue weighted by atomic mass is 9.81. The topological polar surface area (TPSA) is 77.3 Å². The molecule has 0 N–H and O–H groups in total. The van der Waals surface area contributed by atoms with Gasteiger partial charge in [0.2, 0.25) is 0 Å². The number of nitrogens with zero attached hydrogens (tertiary/aromatic N) is 6. The molecule has 4 aromatic rings. The van der Waals surface area contributed by atoms with E-state index in [9.17, 15) is 0 Å². The molecule has 0 fully saturated rings. The Morgan fingerprint density at radius 1 is 0.516 bits per heavy atom. The molecule has 6 nitrogen and oxygen atoms in total. The second kappa shape index (κ2) is 6.74. The van der Waals surface area contributed by atoms with E-state index in [1.54, 1.807) is 0 Å². The maximum absolute atomic E-state index is 4.55. The van der Waals surface area contributed by atoms with Gasteiger partial charge in [-0.1, -0.05) is 38.1 Å². The number of hydrogen-bond donors (Lipinski definition) is 0. The van der Waals surface area contributed by atoms with Crippen molar-refractivity contribution < 1.29 is 0 Å². The first kappa shape index (κ1) is 19.4. The summed E-state index contributed by atoms with van der Waals surface area (Å²) in [4.78, 5) is 26.8. The Morgan fingerprint density at radius 3 is 1.23 bits per heavy atom. The zero-order valence-corrected chi connectivity index (χ0v) is 18.6. The summed E-state index contributed by atoms with van der Waals surface area (Å²) in [5.74, 6) is 4.38. The first-order valence-electron chi connectivity index (χ1n) is 10.4. The van der Waals surface area contributed by atoms with Crippen molar-refractivity contribution in [3.8, 4) is 33.9 Å². The fraction of sp³-hybridized carbons (Fsp3) is 0.280. The summed E-state index contributed by atoms with van der Waals surface area (Å²) >= 11 is 0. The van der Waals surface area contributed by atoms with Gasteiger partial charge >= 0.3 is 0 Å². The minimum atomic E-state index is -0.162. The predicted octanol–water partition coefficient (Wildman–Crippen LogP) is 4.93. The molecule has 0 aliphatic heterocycles. The molecule has 2 aromatic heterocycles. The molecule has 0 spiro atoms. The van der Waals surface area contributed by atoms with Crippen LogP contribution in [0.25, 0.3) is 33.9 Å². The van der Waals surface area contributed by atoms with Crippen LogP contribution >= 0.6 is 0 Å². The van der Waals surface area contributed by atoms with Gasteiger partial charge in [0.25, 0.3) is 0 Å². The van der Waals surface area contributed by atoms with Crippen LogP contribution in [0.1, 0.15) is 48.3 Å². The number of hydrogen-bond acceptors (Lipinski definition) is 6. The van der Waals surface area contributed by atoms with Gasteiger partial charge < -0.3 is 0 Å². The summed E-state index contributed by atoms with van der Waals surface area (Å²) in [6.07, 6.45) is 0. The lowest BCUT2D eigenvalue weighted by Crippen LogP contribution is -2.15. The summed E-state index contributed by atoms with van der Waals surface area (Å²) in [5.41, 5.74) is 6.91. The van der Waals surface area contributed by atoms with Crippen LogP contribution in [-0.2, 0) is 5.41 Å². The van der Waals surface area contributed by atoms with Gasteiger partial charge in [-0.2, -0.15) is 0 Å². The fourth-order valence-corrected chi connectivity index (χ4v) is 4.51. The van der Waals surface area contributed by atoms with Crippen molar-refractivity contribution in [1.29, 1.82) is 0 Å². The molecule has 31 heavy (non-hydrogen) atoms. The highest BCUT2D eigenvalue weighted by Crippen LogP contribution is 2.50. The average molecular weight is 409 g/mol. The van der Waals surface area contributed by atoms with Gasteiger partial charge in [0.15, 0.2) is 11.6 Å². The summed E-state index contributed by atoms with van der Waals surface area (Å²) in [5, 5.41) is 0. The highest BCUT2D eigenvalue weighted by Gasteiger charge is 2.36. The highest BCUT2D eigenvalue weighted by molar-refractivity contribution is 5.84. The Balaban J connectivity index is 1.63. The van der Waals surface area contributed by atoms with Crippen LogP contribution in [0.3, 0.4) is 0 Å². The molecule has 0 saturated heterocycles. The molecule has 2 aromatic carbocycles. The van der Waals surface area contributed by atoms with Crippen molar-refractivity contribution in [2.45, 2.75) is 47.0 Å². The predicted molar refractivity (Wildman–Crippen MR) is 121 cm³/mol. The summed E-state index contributed by atoms with van der Waals surface area (Å²) < 4.78 is 0. The lowest BCUT2D eigenvalue weighted by molar-refractivity contribution is 0.660. The molecule has 0 amide bonds. The standard InChI is InChI=1S/C25H24N6/c1-13-26-14(2)29-23(28-13)17-7-9-19-20-10-8-18(24-30-15(3)27-16(4)31-24)12-22(20)25(5,6)21(19)11-17/h7-12H,1-6H3. The maximum Gasteiger partial charge on any atom is 0.163 e. The Bertz CT molecular complexity index is 1210. The summed E-state index contributed by atoms with van der Waals surface area (Å²) in [6, 6.07) is 13.0. The zero-order chi connectivity index (χ0) is 21.9. The van der Waals surface area contributed by atoms with E-state index in [2.05, 4.69) is 80.1 Å². The second-order valence-electron chi connectivity index (χ2n) is 8.65. The van der Waals surface area contributed by atoms with Crippen molar-refractivity contribution in [3.63, 3.8) is 0 Å². The fourth-order valence-electron chi connectivity index (χ4n) is 4.51. The van der Waals surface area contributed by atoms with Gasteiger partial charge in [-0.3, -0.25) is 0 Å². The smallest absolute Gasteiger partial charge is 0.163 e. The van der Waals surface area contributed by atoms with Crippen LogP contribution in [0.5, 0.6) is 0 Å². The van der Waals surface area contributed by atoms with Gasteiger partial charge in [-0.25, -0.2) is 29.9 Å². The quantitative estimate of drug-likeness (QED) is 0.468. The molecule has 1 aliphatic carbocycles. The first-order chi connectivity index (χ1) is 14.7. The van der Waals surface area contributed by atoms with Gasteiger partial charge in [0, 0.05) is 16.5 Å². The maximum atomic E-state index is 4.55. The molecule has 6 heteroatoms. The monoisotopic (exact) mass is 408 g/mol. The van der Waals surface area contributed by atoms with Crippen LogP contribution in [0.15, 0.2) is 36.4 Å². The lowest BCUT2D eigenvalue weighted by Gasteiger charge is -2.22. The van der Waals surface area contributed by atoms with E-state index in [0.29, 0.717) is 0 Å². The minimum Gasteiger partial charge on any atom is -0.219 e. The summed E-state index contributed by atoms with van der Waals surface area (Å²) in [6.45, 7) is 12.1. The van der Waals surface area contributed by atoms with E-state index in [1.807, 2.05) is 27.7 Å². The number of aryl methyl sites for hydroxylation is 4. The van der Waals surface area contributed by atoms with Gasteiger partial charge in [0.05, 0.1) is 0 Å². The number of aromatic nitrogens is 6. The largest absolute Gasteiger partial charge is 0.219 e. The van der Waals surface area contributed by atoms with E-state index in [1.165, 1.54) is 22.3 Å². The molecule has 0 unspecified atom stereocenters. The van der Waals surface area contributed by atoms with Crippen LogP contribution < -0.4 is 0 Å². The number of benzene rings is 2. The number of fused-ring (bicyclic) bond motifs is 3. The third-order valence-corrected chi connectivity index (χ3v) is 5.91. The highest BCUT2D eigenvalue weighted by atomic mass is 15.0. The zero-order valence-electron chi connectivity index (χ0n) is 18.6. The van der Waals surface area contributed by atoms with Gasteiger partial charge in [-0.15, -0.1) is 0 Å². The van der Waals surface area contributed by atoms with Crippen LogP contribution in [0.4, 0.5) is 0 Å². The number of rotatable bonds is 2. The van der Waals surface area contributed by atoms with E-state index in [0.717, 1.165) is 46.1 Å². The first-order valence-corrected chi connectivity index (χ1v) is 10.4. The second-order valence-corrected chi connectivity index (χ2v) is 8.65. The van der Waals surface area contributed by atoms with Crippen LogP contribution in [0, 0.1) is 27.7 Å². The molecule has 5 rings (SSSR count). The molecule has 2 heterocycles. The Kier molecular flexibility index (Phi) is 4.22. The molecular weight excluding hydrogens is 384 g/mol. The third kappa shape index (κ3) is 3.19. The Hall–Kier alpha value is -3.54. The Morgan fingerprint density at radius 2 is 0.871 bits per heavy atom. The van der Waals surface area contributed by atoms with E-state index >= 15 is 0 Å². The van der Waals surface area contributed by atoms with Crippen molar-refractivity contribution in [2.24, 2.45) is 0 Å². The van der Waals surface area contributed by atoms with Crippen LogP contribution in [0.2, 0.25) is 0 Å². The van der Waals surface area contributed by atoms with Crippen LogP contribution in [-0.4, -0.2) is 29.9 Å². The average Bonchev–Trinajstić information content (AvgIpc) is 2.93. The molecule has 0 saturated carbocycles. The molecular formula is C25H24N6. The SMILES string of the molecule is Cc1nc(C)nc(-c2ccc3c(c2)C(C)(C)c2cc(-c4nc(C)nc(C)n4)ccc2-3)n1. The van der Waals surface area contributed by atoms with Crippen molar-refractivity contribution >= 4 is 0 Å². The van der Waals surface area contributed by atoms with Gasteiger partial charge in [-0.05, 0) is 62.1 Å². The third-order valence-electron chi connectivity index (χ3n) is 5.91. The van der Waals surface area contributed by atoms with Crippen molar-refractivity contribution in [2.75, 3.05) is 0 Å². The van der Waals surface area contributed by atoms with E-state index in [4.69, 9.17) is 0 Å². The molecule has 0 radical (unpaired) electrons. The molecule has 0 atom stereocenters. The molecule has 0 bridgehead atoms. The van der Waals surface area contributed by atoms with Crippen molar-refractivity contribution in [3.05, 3.63) is 70.8 Å².